The Balaban J connectivity index is 3.98. The fraction of sp³-hybridized carbons (Fsp3) is 0.600. The van der Waals surface area contributed by atoms with E-state index in [1.807, 2.05) is 0 Å². The highest BCUT2D eigenvalue weighted by molar-refractivity contribution is 5.85. The molecule has 0 bridgehead atoms. The molecule has 0 aliphatic rings. The summed E-state index contributed by atoms with van der Waals surface area (Å²) < 4.78 is 0. The van der Waals surface area contributed by atoms with E-state index in [0.717, 1.165) is 0 Å². The van der Waals surface area contributed by atoms with Gasteiger partial charge < -0.3 is 10.2 Å². The van der Waals surface area contributed by atoms with Gasteiger partial charge in [0.15, 0.2) is 0 Å². The van der Waals surface area contributed by atoms with E-state index in [9.17, 15) is 9.59 Å². The van der Waals surface area contributed by atoms with Gasteiger partial charge in [-0.05, 0) is 6.42 Å². The number of carboxylic acid groups (broad SMARTS) is 2. The smallest absolute Gasteiger partial charge is 0.416 e. The summed E-state index contributed by atoms with van der Waals surface area (Å²) in [4.78, 5) is 20.5. The highest BCUT2D eigenvalue weighted by Gasteiger charge is 2.17. The van der Waals surface area contributed by atoms with Crippen LogP contribution in [0.15, 0.2) is 0 Å². The maximum absolute atomic E-state index is 10.1. The molecule has 0 rings (SSSR count). The fourth-order valence-electron chi connectivity index (χ4n) is 0.497. The summed E-state index contributed by atoms with van der Waals surface area (Å²) in [6.45, 7) is 1.74. The molecule has 0 fully saturated rings. The van der Waals surface area contributed by atoms with E-state index in [2.05, 4.69) is 0 Å². The van der Waals surface area contributed by atoms with Crippen molar-refractivity contribution in [3.63, 3.8) is 0 Å². The lowest BCUT2D eigenvalue weighted by molar-refractivity contribution is 0.123. The van der Waals surface area contributed by atoms with Gasteiger partial charge >= 0.3 is 12.2 Å². The second-order valence-corrected chi connectivity index (χ2v) is 1.72. The van der Waals surface area contributed by atoms with E-state index in [1.54, 1.807) is 6.92 Å². The number of nitrogens with zero attached hydrogens (tertiary/aromatic N) is 1. The second kappa shape index (κ2) is 3.71. The third kappa shape index (κ3) is 2.34. The lowest BCUT2D eigenvalue weighted by atomic mass is 10.4. The molecule has 0 heterocycles. The normalized spacial score (nSPS) is 8.90. The molecule has 0 saturated carbocycles. The lowest BCUT2D eigenvalue weighted by Crippen LogP contribution is -2.34. The maximum Gasteiger partial charge on any atom is 0.416 e. The lowest BCUT2D eigenvalue weighted by Gasteiger charge is -2.10. The van der Waals surface area contributed by atoms with Crippen molar-refractivity contribution in [3.8, 4) is 0 Å². The Bertz CT molecular complexity index is 131. The van der Waals surface area contributed by atoms with E-state index >= 15 is 0 Å². The summed E-state index contributed by atoms with van der Waals surface area (Å²) in [7, 11) is 0. The van der Waals surface area contributed by atoms with E-state index in [1.165, 1.54) is 0 Å². The van der Waals surface area contributed by atoms with Crippen LogP contribution < -0.4 is 0 Å². The van der Waals surface area contributed by atoms with Crippen LogP contribution in [0.25, 0.3) is 0 Å². The maximum atomic E-state index is 10.1. The van der Waals surface area contributed by atoms with Crippen molar-refractivity contribution in [2.75, 3.05) is 6.54 Å². The van der Waals surface area contributed by atoms with Crippen molar-refractivity contribution in [1.82, 2.24) is 4.90 Å². The Labute approximate surface area is 57.9 Å². The van der Waals surface area contributed by atoms with Gasteiger partial charge in [0.05, 0.1) is 0 Å². The average molecular weight is 147 g/mol. The predicted octanol–water partition coefficient (Wildman–Crippen LogP) is 1.05. The molecule has 5 nitrogen and oxygen atoms in total. The molecule has 0 aliphatic heterocycles. The summed E-state index contributed by atoms with van der Waals surface area (Å²) in [5.74, 6) is 0. The number of hydrogen-bond donors (Lipinski definition) is 2. The average Bonchev–Trinajstić information content (AvgIpc) is 1.81. The van der Waals surface area contributed by atoms with E-state index in [0.29, 0.717) is 11.3 Å². The standard InChI is InChI=1S/C5H9NO4/c1-2-3-6(4(7)8)5(9)10/h2-3H2,1H3,(H,7,8)(H,9,10). The van der Waals surface area contributed by atoms with Crippen LogP contribution >= 0.6 is 0 Å². The molecule has 2 amide bonds. The minimum Gasteiger partial charge on any atom is -0.465 e. The molecule has 2 N–H and O–H groups in total. The van der Waals surface area contributed by atoms with Crippen LogP contribution in [-0.2, 0) is 0 Å². The first kappa shape index (κ1) is 8.74. The van der Waals surface area contributed by atoms with Crippen LogP contribution in [0, 0.1) is 0 Å². The van der Waals surface area contributed by atoms with Crippen LogP contribution in [0.1, 0.15) is 13.3 Å². The van der Waals surface area contributed by atoms with Crippen LogP contribution in [-0.4, -0.2) is 33.8 Å². The molecule has 0 aromatic carbocycles. The zero-order valence-corrected chi connectivity index (χ0v) is 5.57. The van der Waals surface area contributed by atoms with Crippen LogP contribution in [0.4, 0.5) is 9.59 Å². The van der Waals surface area contributed by atoms with Gasteiger partial charge in [0.1, 0.15) is 0 Å². The van der Waals surface area contributed by atoms with Crippen LogP contribution in [0.3, 0.4) is 0 Å². The van der Waals surface area contributed by atoms with Crippen molar-refractivity contribution < 1.29 is 19.8 Å². The third-order valence-electron chi connectivity index (χ3n) is 0.909. The summed E-state index contributed by atoms with van der Waals surface area (Å²) in [5, 5.41) is 16.4. The third-order valence-corrected chi connectivity index (χ3v) is 0.909. The molecule has 0 aliphatic carbocycles. The fourth-order valence-corrected chi connectivity index (χ4v) is 0.497. The molecule has 5 heteroatoms. The van der Waals surface area contributed by atoms with Gasteiger partial charge in [0, 0.05) is 6.54 Å². The number of hydrogen-bond acceptors (Lipinski definition) is 2. The molecule has 0 radical (unpaired) electrons. The highest BCUT2D eigenvalue weighted by atomic mass is 16.4. The van der Waals surface area contributed by atoms with E-state index < -0.39 is 12.2 Å². The van der Waals surface area contributed by atoms with Gasteiger partial charge in [-0.25, -0.2) is 14.5 Å². The number of carbonyl (C=O) groups is 2. The molecular formula is C5H9NO4. The summed E-state index contributed by atoms with van der Waals surface area (Å²) in [6, 6.07) is 0. The van der Waals surface area contributed by atoms with Gasteiger partial charge in [-0.1, -0.05) is 6.92 Å². The van der Waals surface area contributed by atoms with Crippen molar-refractivity contribution in [2.45, 2.75) is 13.3 Å². The van der Waals surface area contributed by atoms with E-state index in [-0.39, 0.29) is 6.54 Å². The number of imide groups is 1. The summed E-state index contributed by atoms with van der Waals surface area (Å²) in [5.41, 5.74) is 0. The molecule has 0 saturated heterocycles. The molecule has 10 heavy (non-hydrogen) atoms. The van der Waals surface area contributed by atoms with Gasteiger partial charge in [0.2, 0.25) is 0 Å². The molecule has 0 spiro atoms. The predicted molar refractivity (Wildman–Crippen MR) is 33.0 cm³/mol. The minimum absolute atomic E-state index is 0.0324. The topological polar surface area (TPSA) is 77.8 Å². The second-order valence-electron chi connectivity index (χ2n) is 1.72. The zero-order valence-electron chi connectivity index (χ0n) is 5.57. The molecule has 0 atom stereocenters. The first-order valence-electron chi connectivity index (χ1n) is 2.83. The van der Waals surface area contributed by atoms with Gasteiger partial charge in [-0.15, -0.1) is 0 Å². The van der Waals surface area contributed by atoms with E-state index in [4.69, 9.17) is 10.2 Å². The molecular weight excluding hydrogens is 138 g/mol. The number of rotatable bonds is 2. The summed E-state index contributed by atoms with van der Waals surface area (Å²) in [6.07, 6.45) is -2.35. The molecule has 58 valence electrons. The largest absolute Gasteiger partial charge is 0.465 e. The minimum atomic E-state index is -1.42. The Kier molecular flexibility index (Phi) is 3.24. The van der Waals surface area contributed by atoms with Crippen molar-refractivity contribution in [1.29, 1.82) is 0 Å². The Morgan fingerprint density at radius 1 is 1.30 bits per heavy atom. The van der Waals surface area contributed by atoms with Crippen molar-refractivity contribution in [2.24, 2.45) is 0 Å². The van der Waals surface area contributed by atoms with Crippen molar-refractivity contribution >= 4 is 12.2 Å². The zero-order chi connectivity index (χ0) is 8.15. The first-order valence-corrected chi connectivity index (χ1v) is 2.83. The monoisotopic (exact) mass is 147 g/mol. The van der Waals surface area contributed by atoms with Crippen LogP contribution in [0.2, 0.25) is 0 Å². The Hall–Kier alpha value is -1.26. The molecule has 0 aromatic heterocycles. The summed E-state index contributed by atoms with van der Waals surface area (Å²) >= 11 is 0. The van der Waals surface area contributed by atoms with Gasteiger partial charge in [-0.2, -0.15) is 0 Å². The molecule has 0 unspecified atom stereocenters. The molecule has 0 aromatic rings. The Morgan fingerprint density at radius 2 is 1.70 bits per heavy atom. The number of amides is 2. The van der Waals surface area contributed by atoms with Gasteiger partial charge in [-0.3, -0.25) is 0 Å². The van der Waals surface area contributed by atoms with Crippen molar-refractivity contribution in [3.05, 3.63) is 0 Å². The van der Waals surface area contributed by atoms with Crippen LogP contribution in [0.5, 0.6) is 0 Å². The van der Waals surface area contributed by atoms with Gasteiger partial charge in [0.25, 0.3) is 0 Å². The SMILES string of the molecule is CCCN(C(=O)O)C(=O)O. The Morgan fingerprint density at radius 3 is 1.80 bits per heavy atom. The first-order chi connectivity index (χ1) is 4.59. The quantitative estimate of drug-likeness (QED) is 0.612. The highest BCUT2D eigenvalue weighted by Crippen LogP contribution is 1.92.